The van der Waals surface area contributed by atoms with E-state index < -0.39 is 0 Å². The van der Waals surface area contributed by atoms with Crippen LogP contribution in [-0.2, 0) is 11.2 Å². The van der Waals surface area contributed by atoms with E-state index in [0.717, 1.165) is 24.3 Å². The van der Waals surface area contributed by atoms with Crippen molar-refractivity contribution in [1.82, 2.24) is 10.2 Å². The number of rotatable bonds is 5. The number of amides is 1. The van der Waals surface area contributed by atoms with Gasteiger partial charge in [-0.3, -0.25) is 4.79 Å². The largest absolute Gasteiger partial charge is 0.301 e. The molecule has 0 aliphatic carbocycles. The van der Waals surface area contributed by atoms with E-state index in [1.54, 1.807) is 0 Å². The Kier molecular flexibility index (Phi) is 4.52. The Morgan fingerprint density at radius 3 is 2.86 bits per heavy atom. The van der Waals surface area contributed by atoms with Crippen molar-refractivity contribution in [1.29, 1.82) is 0 Å². The van der Waals surface area contributed by atoms with Gasteiger partial charge in [-0.2, -0.15) is 0 Å². The lowest BCUT2D eigenvalue weighted by Crippen LogP contribution is -2.08. The molecule has 5 heteroatoms. The standard InChI is InChI=1S/C9H15N3OS/c1-3-5-6-8-11-12-9(14-8)10-7(13)4-2/h3-6H2,1-2H3,(H,10,12,13). The van der Waals surface area contributed by atoms with Crippen LogP contribution in [0.15, 0.2) is 0 Å². The van der Waals surface area contributed by atoms with Crippen LogP contribution in [0.4, 0.5) is 5.13 Å². The minimum absolute atomic E-state index is 0.0109. The predicted octanol–water partition coefficient (Wildman–Crippen LogP) is 2.23. The Morgan fingerprint density at radius 1 is 1.43 bits per heavy atom. The van der Waals surface area contributed by atoms with Crippen molar-refractivity contribution < 1.29 is 4.79 Å². The highest BCUT2D eigenvalue weighted by molar-refractivity contribution is 7.15. The van der Waals surface area contributed by atoms with Crippen molar-refractivity contribution in [2.75, 3.05) is 5.32 Å². The lowest BCUT2D eigenvalue weighted by atomic mass is 10.3. The van der Waals surface area contributed by atoms with E-state index in [2.05, 4.69) is 22.4 Å². The molecule has 0 saturated carbocycles. The van der Waals surface area contributed by atoms with Crippen LogP contribution in [-0.4, -0.2) is 16.1 Å². The van der Waals surface area contributed by atoms with E-state index in [0.29, 0.717) is 11.6 Å². The molecule has 0 aliphatic rings. The second kappa shape index (κ2) is 5.70. The number of aromatic nitrogens is 2. The lowest BCUT2D eigenvalue weighted by molar-refractivity contribution is -0.115. The van der Waals surface area contributed by atoms with Gasteiger partial charge in [0.2, 0.25) is 11.0 Å². The van der Waals surface area contributed by atoms with E-state index >= 15 is 0 Å². The van der Waals surface area contributed by atoms with Gasteiger partial charge in [-0.25, -0.2) is 0 Å². The number of hydrogen-bond acceptors (Lipinski definition) is 4. The zero-order valence-electron chi connectivity index (χ0n) is 8.54. The highest BCUT2D eigenvalue weighted by Gasteiger charge is 2.05. The maximum atomic E-state index is 11.0. The minimum Gasteiger partial charge on any atom is -0.301 e. The third-order valence-electron chi connectivity index (χ3n) is 1.78. The Bertz CT molecular complexity index is 298. The second-order valence-electron chi connectivity index (χ2n) is 3.01. The number of carbonyl (C=O) groups excluding carboxylic acids is 1. The molecule has 1 rings (SSSR count). The number of nitrogens with zero attached hydrogens (tertiary/aromatic N) is 2. The highest BCUT2D eigenvalue weighted by Crippen LogP contribution is 2.16. The summed E-state index contributed by atoms with van der Waals surface area (Å²) in [6.45, 7) is 3.95. The number of hydrogen-bond donors (Lipinski definition) is 1. The van der Waals surface area contributed by atoms with E-state index in [9.17, 15) is 4.79 Å². The maximum absolute atomic E-state index is 11.0. The Morgan fingerprint density at radius 2 is 2.21 bits per heavy atom. The monoisotopic (exact) mass is 213 g/mol. The van der Waals surface area contributed by atoms with E-state index in [1.165, 1.54) is 11.3 Å². The quantitative estimate of drug-likeness (QED) is 0.816. The average Bonchev–Trinajstić information content (AvgIpc) is 2.62. The van der Waals surface area contributed by atoms with Gasteiger partial charge in [0.25, 0.3) is 0 Å². The van der Waals surface area contributed by atoms with Gasteiger partial charge in [0, 0.05) is 12.8 Å². The van der Waals surface area contributed by atoms with Crippen LogP contribution >= 0.6 is 11.3 Å². The fraction of sp³-hybridized carbons (Fsp3) is 0.667. The fourth-order valence-electron chi connectivity index (χ4n) is 0.941. The van der Waals surface area contributed by atoms with Crippen molar-refractivity contribution in [2.24, 2.45) is 0 Å². The molecule has 78 valence electrons. The topological polar surface area (TPSA) is 54.9 Å². The summed E-state index contributed by atoms with van der Waals surface area (Å²) in [4.78, 5) is 11.0. The summed E-state index contributed by atoms with van der Waals surface area (Å²) >= 11 is 1.46. The molecular weight excluding hydrogens is 198 g/mol. The highest BCUT2D eigenvalue weighted by atomic mass is 32.1. The molecule has 4 nitrogen and oxygen atoms in total. The van der Waals surface area contributed by atoms with E-state index in [4.69, 9.17) is 0 Å². The number of anilines is 1. The summed E-state index contributed by atoms with van der Waals surface area (Å²) in [5, 5.41) is 12.2. The molecule has 1 aromatic heterocycles. The molecule has 1 heterocycles. The molecular formula is C9H15N3OS. The van der Waals surface area contributed by atoms with Gasteiger partial charge in [0.05, 0.1) is 0 Å². The zero-order chi connectivity index (χ0) is 10.4. The molecule has 0 bridgehead atoms. The Balaban J connectivity index is 2.46. The van der Waals surface area contributed by atoms with Gasteiger partial charge in [-0.05, 0) is 6.42 Å². The maximum Gasteiger partial charge on any atom is 0.225 e. The SMILES string of the molecule is CCCCc1nnc(NC(=O)CC)s1. The summed E-state index contributed by atoms with van der Waals surface area (Å²) in [6.07, 6.45) is 3.70. The van der Waals surface area contributed by atoms with Gasteiger partial charge in [0.15, 0.2) is 0 Å². The average molecular weight is 213 g/mol. The first-order valence-corrected chi connectivity index (χ1v) is 5.70. The molecule has 1 aromatic rings. The van der Waals surface area contributed by atoms with Gasteiger partial charge in [0.1, 0.15) is 5.01 Å². The number of nitrogens with one attached hydrogen (secondary N) is 1. The van der Waals surface area contributed by atoms with Crippen molar-refractivity contribution in [2.45, 2.75) is 39.5 Å². The van der Waals surface area contributed by atoms with Gasteiger partial charge < -0.3 is 5.32 Å². The number of aryl methyl sites for hydroxylation is 1. The predicted molar refractivity (Wildman–Crippen MR) is 57.4 cm³/mol. The molecule has 14 heavy (non-hydrogen) atoms. The number of unbranched alkanes of at least 4 members (excludes halogenated alkanes) is 1. The van der Waals surface area contributed by atoms with Gasteiger partial charge in [-0.1, -0.05) is 31.6 Å². The molecule has 0 spiro atoms. The second-order valence-corrected chi connectivity index (χ2v) is 4.07. The summed E-state index contributed by atoms with van der Waals surface area (Å²) in [6, 6.07) is 0. The summed E-state index contributed by atoms with van der Waals surface area (Å²) in [5.41, 5.74) is 0. The summed E-state index contributed by atoms with van der Waals surface area (Å²) in [5.74, 6) is -0.0109. The number of carbonyl (C=O) groups is 1. The van der Waals surface area contributed by atoms with Crippen molar-refractivity contribution in [3.63, 3.8) is 0 Å². The molecule has 0 saturated heterocycles. The van der Waals surface area contributed by atoms with Crippen molar-refractivity contribution in [3.05, 3.63) is 5.01 Å². The first-order valence-electron chi connectivity index (χ1n) is 4.88. The molecule has 1 N–H and O–H groups in total. The normalized spacial score (nSPS) is 10.1. The fourth-order valence-corrected chi connectivity index (χ4v) is 1.74. The Labute approximate surface area is 87.7 Å². The summed E-state index contributed by atoms with van der Waals surface area (Å²) < 4.78 is 0. The first-order chi connectivity index (χ1) is 6.76. The van der Waals surface area contributed by atoms with Gasteiger partial charge in [-0.15, -0.1) is 10.2 Å². The molecule has 1 amide bonds. The summed E-state index contributed by atoms with van der Waals surface area (Å²) in [7, 11) is 0. The molecule has 0 aromatic carbocycles. The first kappa shape index (κ1) is 11.1. The Hall–Kier alpha value is -0.970. The van der Waals surface area contributed by atoms with Crippen molar-refractivity contribution in [3.8, 4) is 0 Å². The zero-order valence-corrected chi connectivity index (χ0v) is 9.36. The lowest BCUT2D eigenvalue weighted by Gasteiger charge is -1.94. The third kappa shape index (κ3) is 3.41. The van der Waals surface area contributed by atoms with Crippen LogP contribution in [0, 0.1) is 0 Å². The third-order valence-corrected chi connectivity index (χ3v) is 2.68. The van der Waals surface area contributed by atoms with Crippen LogP contribution in [0.3, 0.4) is 0 Å². The van der Waals surface area contributed by atoms with E-state index in [1.807, 2.05) is 6.92 Å². The molecule has 0 atom stereocenters. The van der Waals surface area contributed by atoms with Crippen molar-refractivity contribution >= 4 is 22.4 Å². The molecule has 0 unspecified atom stereocenters. The van der Waals surface area contributed by atoms with Crippen LogP contribution in [0.5, 0.6) is 0 Å². The van der Waals surface area contributed by atoms with Crippen LogP contribution in [0.2, 0.25) is 0 Å². The van der Waals surface area contributed by atoms with Crippen LogP contribution in [0.25, 0.3) is 0 Å². The smallest absolute Gasteiger partial charge is 0.225 e. The molecule has 0 fully saturated rings. The minimum atomic E-state index is -0.0109. The molecule has 0 radical (unpaired) electrons. The van der Waals surface area contributed by atoms with Crippen LogP contribution < -0.4 is 5.32 Å². The van der Waals surface area contributed by atoms with Crippen LogP contribution in [0.1, 0.15) is 38.1 Å². The van der Waals surface area contributed by atoms with Gasteiger partial charge >= 0.3 is 0 Å². The van der Waals surface area contributed by atoms with E-state index in [-0.39, 0.29) is 5.91 Å². The molecule has 0 aliphatic heterocycles.